The van der Waals surface area contributed by atoms with Crippen molar-refractivity contribution >= 4 is 138 Å². The quantitative estimate of drug-likeness (QED) is 0.123. The molecule has 18 aromatic rings. The van der Waals surface area contributed by atoms with E-state index < -0.39 is 0 Å². The zero-order valence-corrected chi connectivity index (χ0v) is 55.0. The first-order valence-electron chi connectivity index (χ1n) is 34.1. The van der Waals surface area contributed by atoms with Crippen LogP contribution in [0.1, 0.15) is 52.7 Å². The number of aromatic nitrogens is 4. The molecule has 0 aliphatic carbocycles. The molecular weight excluding hydrogens is 1170 g/mol. The van der Waals surface area contributed by atoms with Crippen molar-refractivity contribution in [1.29, 1.82) is 0 Å². The Bertz CT molecular complexity index is 6130. The van der Waals surface area contributed by atoms with Gasteiger partial charge in [0.05, 0.1) is 51.4 Å². The Labute approximate surface area is 563 Å². The Morgan fingerprint density at radius 2 is 0.773 bits per heavy atom. The van der Waals surface area contributed by atoms with Gasteiger partial charge in [-0.25, -0.2) is 0 Å². The highest BCUT2D eigenvalue weighted by molar-refractivity contribution is 7.00. The molecule has 20 rings (SSSR count). The first-order chi connectivity index (χ1) is 47.4. The van der Waals surface area contributed by atoms with Crippen LogP contribution in [-0.2, 0) is 10.8 Å². The van der Waals surface area contributed by atoms with Crippen molar-refractivity contribution in [2.24, 2.45) is 0 Å². The average molecular weight is 1240 g/mol. The van der Waals surface area contributed by atoms with E-state index in [1.807, 2.05) is 0 Å². The summed E-state index contributed by atoms with van der Waals surface area (Å²) < 4.78 is 7.68. The molecule has 458 valence electrons. The van der Waals surface area contributed by atoms with Gasteiger partial charge >= 0.3 is 0 Å². The van der Waals surface area contributed by atoms with Gasteiger partial charge in [-0.1, -0.05) is 254 Å². The van der Waals surface area contributed by atoms with Crippen LogP contribution in [-0.4, -0.2) is 25.4 Å². The number of para-hydroxylation sites is 4. The summed E-state index contributed by atoms with van der Waals surface area (Å²) in [6, 6.07) is 106. The van der Waals surface area contributed by atoms with Crippen molar-refractivity contribution in [1.82, 2.24) is 18.7 Å². The van der Waals surface area contributed by atoms with Gasteiger partial charge in [0.1, 0.15) is 0 Å². The van der Waals surface area contributed by atoms with Gasteiger partial charge in [-0.3, -0.25) is 4.98 Å². The molecule has 0 amide bonds. The van der Waals surface area contributed by atoms with Crippen LogP contribution < -0.4 is 21.3 Å². The van der Waals surface area contributed by atoms with Gasteiger partial charge in [0.25, 0.3) is 6.71 Å². The van der Waals surface area contributed by atoms with Crippen LogP contribution in [0.3, 0.4) is 0 Å². The van der Waals surface area contributed by atoms with E-state index in [0.29, 0.717) is 0 Å². The van der Waals surface area contributed by atoms with Crippen LogP contribution >= 0.6 is 0 Å². The van der Waals surface area contributed by atoms with Crippen LogP contribution in [0.5, 0.6) is 0 Å². The third kappa shape index (κ3) is 7.99. The van der Waals surface area contributed by atoms with Gasteiger partial charge in [0, 0.05) is 71.5 Å². The molecule has 6 heteroatoms. The number of anilines is 3. The monoisotopic (exact) mass is 1240 g/mol. The van der Waals surface area contributed by atoms with E-state index in [9.17, 15) is 0 Å². The molecule has 0 bridgehead atoms. The fourth-order valence-corrected chi connectivity index (χ4v) is 17.2. The maximum atomic E-state index is 5.38. The lowest BCUT2D eigenvalue weighted by Crippen LogP contribution is -2.60. The van der Waals surface area contributed by atoms with Crippen LogP contribution in [0.25, 0.3) is 148 Å². The molecule has 0 unspecified atom stereocenters. The lowest BCUT2D eigenvalue weighted by Gasteiger charge is -2.41. The second kappa shape index (κ2) is 20.4. The molecule has 0 spiro atoms. The normalized spacial score (nSPS) is 13.0. The SMILES string of the molecule is CC(C)(C)c1ccc(N2c3ccc(C(C)(C)C)cc3B3c4c2cc(-c2c(-n5c6ccccc6c6ccccc65)cncc2-n2c5ccccc5c5ccccc52)cc4-n2c4ccc5c6ccccc6c6ccccc6c5c4c4cc(-c5ccccc5-c5ccccc5)cc3c42)cc1. The van der Waals surface area contributed by atoms with Crippen LogP contribution in [0.4, 0.5) is 17.1 Å². The van der Waals surface area contributed by atoms with E-state index >= 15 is 0 Å². The van der Waals surface area contributed by atoms with Crippen LogP contribution in [0, 0.1) is 0 Å². The summed E-state index contributed by atoms with van der Waals surface area (Å²) in [4.78, 5) is 8.00. The minimum absolute atomic E-state index is 0.0545. The zero-order chi connectivity index (χ0) is 64.7. The Morgan fingerprint density at radius 3 is 1.34 bits per heavy atom. The average Bonchev–Trinajstić information content (AvgIpc) is 1.59. The number of fused-ring (bicyclic) bond motifs is 20. The molecule has 0 radical (unpaired) electrons. The highest BCUT2D eigenvalue weighted by atomic mass is 15.2. The Balaban J connectivity index is 1.01. The molecule has 97 heavy (non-hydrogen) atoms. The second-order valence-electron chi connectivity index (χ2n) is 29.0. The zero-order valence-electron chi connectivity index (χ0n) is 55.0. The van der Waals surface area contributed by atoms with E-state index in [4.69, 9.17) is 4.98 Å². The van der Waals surface area contributed by atoms with Crippen LogP contribution in [0.15, 0.2) is 291 Å². The van der Waals surface area contributed by atoms with Gasteiger partial charge < -0.3 is 18.6 Å². The molecule has 2 aliphatic rings. The summed E-state index contributed by atoms with van der Waals surface area (Å²) in [5.74, 6) is 0. The number of hydrogen-bond acceptors (Lipinski definition) is 2. The molecule has 6 heterocycles. The summed E-state index contributed by atoms with van der Waals surface area (Å²) in [6.45, 7) is 13.8. The van der Waals surface area contributed by atoms with E-state index in [1.54, 1.807) is 0 Å². The number of rotatable bonds is 6. The molecule has 2 aliphatic heterocycles. The van der Waals surface area contributed by atoms with Gasteiger partial charge in [-0.05, 0) is 160 Å². The van der Waals surface area contributed by atoms with Crippen molar-refractivity contribution in [2.45, 2.75) is 52.4 Å². The van der Waals surface area contributed by atoms with E-state index in [1.165, 1.54) is 131 Å². The van der Waals surface area contributed by atoms with Gasteiger partial charge in [0.2, 0.25) is 0 Å². The van der Waals surface area contributed by atoms with Crippen molar-refractivity contribution in [3.05, 3.63) is 303 Å². The predicted molar refractivity (Wildman–Crippen MR) is 413 cm³/mol. The topological polar surface area (TPSA) is 30.9 Å². The van der Waals surface area contributed by atoms with Gasteiger partial charge in [0.15, 0.2) is 0 Å². The Morgan fingerprint density at radius 1 is 0.299 bits per heavy atom. The van der Waals surface area contributed by atoms with Crippen molar-refractivity contribution in [3.8, 4) is 50.4 Å². The van der Waals surface area contributed by atoms with Crippen LogP contribution in [0.2, 0.25) is 0 Å². The third-order valence-electron chi connectivity index (χ3n) is 21.6. The van der Waals surface area contributed by atoms with E-state index in [-0.39, 0.29) is 17.5 Å². The molecular formula is C91H66BN5. The number of benzene rings is 14. The van der Waals surface area contributed by atoms with Crippen molar-refractivity contribution in [3.63, 3.8) is 0 Å². The lowest BCUT2D eigenvalue weighted by molar-refractivity contribution is 0.590. The smallest absolute Gasteiger partial charge is 0.252 e. The Kier molecular flexibility index (Phi) is 11.7. The maximum absolute atomic E-state index is 5.38. The molecule has 4 aromatic heterocycles. The largest absolute Gasteiger partial charge is 0.311 e. The highest BCUT2D eigenvalue weighted by Crippen LogP contribution is 2.51. The summed E-state index contributed by atoms with van der Waals surface area (Å²) in [6.07, 6.45) is 4.25. The molecule has 0 saturated heterocycles. The molecule has 0 fully saturated rings. The maximum Gasteiger partial charge on any atom is 0.252 e. The molecule has 0 saturated carbocycles. The minimum atomic E-state index is -0.195. The Hall–Kier alpha value is -11.7. The van der Waals surface area contributed by atoms with Crippen molar-refractivity contribution < 1.29 is 0 Å². The summed E-state index contributed by atoms with van der Waals surface area (Å²) >= 11 is 0. The van der Waals surface area contributed by atoms with E-state index in [2.05, 4.69) is 352 Å². The minimum Gasteiger partial charge on any atom is -0.311 e. The lowest BCUT2D eigenvalue weighted by atomic mass is 9.33. The standard InChI is InChI=1S/C91H66BN5/c1-90(2,3)58-40-43-60(44-41-58)94-79-46-42-59(91(4,5)6)52-73(79)92-74-49-56(62-27-11-10-26-61(62)55-24-8-7-9-25-55)48-72-87-80(47-45-71-65-30-13-12-28-63(65)64-29-14-15-35-70(64)86(71)87)97(89(72)74)82-51-57(50-81(94)88(82)92)85-83(95-75-36-20-16-31-66(75)67-32-17-21-37-76(67)95)53-93-54-84(85)96-77-38-22-18-33-68(77)69-34-19-23-39-78(69)96/h7-54H,1-6H3. The molecule has 0 atom stereocenters. The van der Waals surface area contributed by atoms with E-state index in [0.717, 1.165) is 61.6 Å². The molecule has 0 N–H and O–H groups in total. The van der Waals surface area contributed by atoms with Crippen molar-refractivity contribution in [2.75, 3.05) is 4.90 Å². The fraction of sp³-hybridized carbons (Fsp3) is 0.0879. The second-order valence-corrected chi connectivity index (χ2v) is 29.0. The highest BCUT2D eigenvalue weighted by Gasteiger charge is 2.44. The molecule has 14 aromatic carbocycles. The van der Waals surface area contributed by atoms with Gasteiger partial charge in [-0.2, -0.15) is 0 Å². The fourth-order valence-electron chi connectivity index (χ4n) is 17.2. The molecule has 5 nitrogen and oxygen atoms in total. The first kappa shape index (κ1) is 55.7. The number of hydrogen-bond donors (Lipinski definition) is 0. The summed E-state index contributed by atoms with van der Waals surface area (Å²) in [5, 5.41) is 14.8. The predicted octanol–water partition coefficient (Wildman–Crippen LogP) is 22.0. The number of nitrogens with zero attached hydrogens (tertiary/aromatic N) is 5. The summed E-state index contributed by atoms with van der Waals surface area (Å²) in [7, 11) is 0. The number of pyridine rings is 1. The summed E-state index contributed by atoms with van der Waals surface area (Å²) in [5.41, 5.74) is 26.7. The van der Waals surface area contributed by atoms with Gasteiger partial charge in [-0.15, -0.1) is 0 Å². The third-order valence-corrected chi connectivity index (χ3v) is 21.6. The first-order valence-corrected chi connectivity index (χ1v) is 34.1.